The van der Waals surface area contributed by atoms with Crippen molar-refractivity contribution in [2.45, 2.75) is 30.5 Å². The lowest BCUT2D eigenvalue weighted by Crippen LogP contribution is -1.93. The van der Waals surface area contributed by atoms with Crippen LogP contribution in [-0.4, -0.2) is 15.8 Å². The smallest absolute Gasteiger partial charge is 0.122 e. The van der Waals surface area contributed by atoms with Crippen LogP contribution in [-0.2, 0) is 0 Å². The van der Waals surface area contributed by atoms with Crippen molar-refractivity contribution >= 4 is 35.0 Å². The number of rotatable bonds is 5. The summed E-state index contributed by atoms with van der Waals surface area (Å²) in [6.45, 7) is 2.21. The Balaban J connectivity index is 1.90. The number of alkyl halides is 2. The lowest BCUT2D eigenvalue weighted by atomic mass is 10.4. The summed E-state index contributed by atoms with van der Waals surface area (Å²) in [5.41, 5.74) is 0. The van der Waals surface area contributed by atoms with Crippen molar-refractivity contribution in [1.82, 2.24) is 0 Å². The molecule has 0 nitrogen and oxygen atoms in total. The Morgan fingerprint density at radius 3 is 2.64 bits per heavy atom. The lowest BCUT2D eigenvalue weighted by Gasteiger charge is -1.99. The molecule has 0 aromatic rings. The summed E-state index contributed by atoms with van der Waals surface area (Å²) in [5.74, 6) is 2.97. The van der Waals surface area contributed by atoms with E-state index in [1.165, 1.54) is 18.6 Å². The van der Waals surface area contributed by atoms with E-state index >= 15 is 0 Å². The molecule has 1 atom stereocenters. The second-order valence-corrected chi connectivity index (χ2v) is 5.78. The molecule has 3 heteroatoms. The Bertz CT molecular complexity index is 125. The fourth-order valence-corrected chi connectivity index (χ4v) is 2.98. The fourth-order valence-electron chi connectivity index (χ4n) is 0.922. The van der Waals surface area contributed by atoms with E-state index in [4.69, 9.17) is 23.2 Å². The van der Waals surface area contributed by atoms with E-state index in [0.717, 1.165) is 12.2 Å². The molecular weight excluding hydrogens is 199 g/mol. The van der Waals surface area contributed by atoms with Gasteiger partial charge in [-0.15, -0.1) is 23.2 Å². The topological polar surface area (TPSA) is 0 Å². The molecule has 0 saturated heterocycles. The summed E-state index contributed by atoms with van der Waals surface area (Å²) in [5, 5.41) is 0. The molecule has 66 valence electrons. The standard InChI is InChI=1S/C8H14Cl2S/c1-2-3-4-11-6-7-5-8(7,9)10/h7H,2-6H2,1H3. The van der Waals surface area contributed by atoms with Crippen LogP contribution >= 0.6 is 35.0 Å². The molecule has 1 saturated carbocycles. The molecule has 0 aromatic heterocycles. The first-order chi connectivity index (χ1) is 5.17. The van der Waals surface area contributed by atoms with Crippen molar-refractivity contribution in [1.29, 1.82) is 0 Å². The number of thioether (sulfide) groups is 1. The van der Waals surface area contributed by atoms with E-state index < -0.39 is 0 Å². The van der Waals surface area contributed by atoms with E-state index in [2.05, 4.69) is 6.92 Å². The maximum Gasteiger partial charge on any atom is 0.122 e. The first-order valence-electron chi connectivity index (χ1n) is 4.12. The zero-order valence-electron chi connectivity index (χ0n) is 6.78. The third kappa shape index (κ3) is 3.43. The first kappa shape index (κ1) is 10.0. The average molecular weight is 213 g/mol. The Hall–Kier alpha value is 0.930. The predicted octanol–water partition coefficient (Wildman–Crippen LogP) is 3.71. The molecular formula is C8H14Cl2S. The van der Waals surface area contributed by atoms with Gasteiger partial charge in [-0.3, -0.25) is 0 Å². The molecule has 0 aromatic carbocycles. The highest BCUT2D eigenvalue weighted by Gasteiger charge is 2.50. The van der Waals surface area contributed by atoms with Crippen molar-refractivity contribution < 1.29 is 0 Å². The summed E-state index contributed by atoms with van der Waals surface area (Å²) in [6.07, 6.45) is 3.59. The van der Waals surface area contributed by atoms with Crippen molar-refractivity contribution in [3.8, 4) is 0 Å². The molecule has 1 rings (SSSR count). The average Bonchev–Trinajstić information content (AvgIpc) is 2.52. The second kappa shape index (κ2) is 4.25. The number of hydrogen-bond acceptors (Lipinski definition) is 1. The van der Waals surface area contributed by atoms with Gasteiger partial charge in [-0.2, -0.15) is 11.8 Å². The molecule has 0 bridgehead atoms. The largest absolute Gasteiger partial charge is 0.162 e. The van der Waals surface area contributed by atoms with Gasteiger partial charge in [0.05, 0.1) is 0 Å². The number of hydrogen-bond donors (Lipinski definition) is 0. The van der Waals surface area contributed by atoms with Gasteiger partial charge in [0, 0.05) is 5.92 Å². The molecule has 1 fully saturated rings. The minimum absolute atomic E-state index is 0.362. The van der Waals surface area contributed by atoms with E-state index in [1.807, 2.05) is 11.8 Å². The Morgan fingerprint density at radius 2 is 2.18 bits per heavy atom. The van der Waals surface area contributed by atoms with Crippen LogP contribution in [0.1, 0.15) is 26.2 Å². The third-order valence-electron chi connectivity index (χ3n) is 1.92. The normalized spacial score (nSPS) is 27.0. The fraction of sp³-hybridized carbons (Fsp3) is 1.00. The Kier molecular flexibility index (Phi) is 3.87. The quantitative estimate of drug-likeness (QED) is 0.495. The molecule has 0 aliphatic heterocycles. The minimum atomic E-state index is -0.362. The molecule has 1 aliphatic carbocycles. The maximum absolute atomic E-state index is 5.87. The number of halogens is 2. The van der Waals surface area contributed by atoms with Crippen LogP contribution in [0.5, 0.6) is 0 Å². The molecule has 1 unspecified atom stereocenters. The Morgan fingerprint density at radius 1 is 1.55 bits per heavy atom. The van der Waals surface area contributed by atoms with Crippen molar-refractivity contribution in [2.24, 2.45) is 5.92 Å². The molecule has 1 aliphatic rings. The zero-order valence-corrected chi connectivity index (χ0v) is 9.11. The van der Waals surface area contributed by atoms with Gasteiger partial charge in [0.25, 0.3) is 0 Å². The molecule has 11 heavy (non-hydrogen) atoms. The summed E-state index contributed by atoms with van der Waals surface area (Å²) in [6, 6.07) is 0. The van der Waals surface area contributed by atoms with Crippen LogP contribution in [0.3, 0.4) is 0 Å². The third-order valence-corrected chi connectivity index (χ3v) is 4.06. The highest BCUT2D eigenvalue weighted by molar-refractivity contribution is 7.99. The van der Waals surface area contributed by atoms with Gasteiger partial charge >= 0.3 is 0 Å². The van der Waals surface area contributed by atoms with Gasteiger partial charge in [0.2, 0.25) is 0 Å². The molecule has 0 radical (unpaired) electrons. The highest BCUT2D eigenvalue weighted by atomic mass is 35.5. The highest BCUT2D eigenvalue weighted by Crippen LogP contribution is 2.54. The lowest BCUT2D eigenvalue weighted by molar-refractivity contribution is 0.891. The van der Waals surface area contributed by atoms with Crippen molar-refractivity contribution in [2.75, 3.05) is 11.5 Å². The van der Waals surface area contributed by atoms with Crippen LogP contribution in [0, 0.1) is 5.92 Å². The maximum atomic E-state index is 5.87. The van der Waals surface area contributed by atoms with E-state index in [1.54, 1.807) is 0 Å². The van der Waals surface area contributed by atoms with Gasteiger partial charge in [-0.25, -0.2) is 0 Å². The predicted molar refractivity (Wildman–Crippen MR) is 54.8 cm³/mol. The Labute approximate surface area is 83.0 Å². The second-order valence-electron chi connectivity index (χ2n) is 3.09. The summed E-state index contributed by atoms with van der Waals surface area (Å²) >= 11 is 13.7. The zero-order chi connectivity index (χ0) is 8.32. The summed E-state index contributed by atoms with van der Waals surface area (Å²) in [4.78, 5) is 0. The molecule has 0 amide bonds. The van der Waals surface area contributed by atoms with Crippen LogP contribution in [0.2, 0.25) is 0 Å². The van der Waals surface area contributed by atoms with Crippen molar-refractivity contribution in [3.63, 3.8) is 0 Å². The summed E-state index contributed by atoms with van der Waals surface area (Å²) in [7, 11) is 0. The van der Waals surface area contributed by atoms with Gasteiger partial charge in [0.15, 0.2) is 0 Å². The molecule has 0 spiro atoms. The monoisotopic (exact) mass is 212 g/mol. The molecule has 0 N–H and O–H groups in total. The van der Waals surface area contributed by atoms with Crippen LogP contribution in [0.4, 0.5) is 0 Å². The summed E-state index contributed by atoms with van der Waals surface area (Å²) < 4.78 is -0.362. The van der Waals surface area contributed by atoms with Gasteiger partial charge < -0.3 is 0 Å². The van der Waals surface area contributed by atoms with Crippen molar-refractivity contribution in [3.05, 3.63) is 0 Å². The van der Waals surface area contributed by atoms with Crippen LogP contribution < -0.4 is 0 Å². The van der Waals surface area contributed by atoms with Crippen LogP contribution in [0.15, 0.2) is 0 Å². The van der Waals surface area contributed by atoms with Crippen LogP contribution in [0.25, 0.3) is 0 Å². The van der Waals surface area contributed by atoms with E-state index in [0.29, 0.717) is 5.92 Å². The number of unbranched alkanes of at least 4 members (excludes halogenated alkanes) is 1. The van der Waals surface area contributed by atoms with E-state index in [9.17, 15) is 0 Å². The van der Waals surface area contributed by atoms with Gasteiger partial charge in [-0.05, 0) is 24.3 Å². The molecule has 0 heterocycles. The first-order valence-corrected chi connectivity index (χ1v) is 6.03. The SMILES string of the molecule is CCCCSCC1CC1(Cl)Cl. The minimum Gasteiger partial charge on any atom is -0.162 e. The van der Waals surface area contributed by atoms with E-state index in [-0.39, 0.29) is 4.33 Å². The van der Waals surface area contributed by atoms with Gasteiger partial charge in [0.1, 0.15) is 4.33 Å². The van der Waals surface area contributed by atoms with Gasteiger partial charge in [-0.1, -0.05) is 13.3 Å².